The van der Waals surface area contributed by atoms with E-state index in [4.69, 9.17) is 12.2 Å². The standard InChI is InChI=1S/C15H20F3N3S/c1-21-8-2-3-11(10-21)9-19-14(22)20-13-6-4-12(5-7-13)15(16,17)18/h4-7,11H,2-3,8-10H2,1H3,(H2,19,20,22)/t11-/m1/s1. The third-order valence-electron chi connectivity index (χ3n) is 3.74. The Morgan fingerprint density at radius 3 is 2.59 bits per heavy atom. The van der Waals surface area contributed by atoms with Gasteiger partial charge in [0.2, 0.25) is 0 Å². The van der Waals surface area contributed by atoms with E-state index in [0.29, 0.717) is 16.7 Å². The van der Waals surface area contributed by atoms with Crippen molar-refractivity contribution in [1.29, 1.82) is 0 Å². The molecular formula is C15H20F3N3S. The molecule has 3 nitrogen and oxygen atoms in total. The van der Waals surface area contributed by atoms with Crippen molar-refractivity contribution in [1.82, 2.24) is 10.2 Å². The largest absolute Gasteiger partial charge is 0.416 e. The molecular weight excluding hydrogens is 311 g/mol. The molecule has 1 aromatic rings. The van der Waals surface area contributed by atoms with Crippen LogP contribution in [0.3, 0.4) is 0 Å². The van der Waals surface area contributed by atoms with E-state index in [1.54, 1.807) is 0 Å². The Bertz CT molecular complexity index is 502. The Morgan fingerprint density at radius 1 is 1.32 bits per heavy atom. The van der Waals surface area contributed by atoms with Crippen molar-refractivity contribution in [3.63, 3.8) is 0 Å². The quantitative estimate of drug-likeness (QED) is 0.831. The summed E-state index contributed by atoms with van der Waals surface area (Å²) in [6.45, 7) is 2.94. The first-order valence-corrected chi connectivity index (χ1v) is 7.66. The third-order valence-corrected chi connectivity index (χ3v) is 3.99. The first kappa shape index (κ1) is 17.0. The summed E-state index contributed by atoms with van der Waals surface area (Å²) in [7, 11) is 2.10. The summed E-state index contributed by atoms with van der Waals surface area (Å²) in [5.74, 6) is 0.547. The average Bonchev–Trinajstić information content (AvgIpc) is 2.45. The zero-order valence-electron chi connectivity index (χ0n) is 12.4. The molecule has 1 saturated heterocycles. The van der Waals surface area contributed by atoms with Gasteiger partial charge in [0.15, 0.2) is 5.11 Å². The van der Waals surface area contributed by atoms with Crippen LogP contribution in [0.5, 0.6) is 0 Å². The zero-order chi connectivity index (χ0) is 16.2. The lowest BCUT2D eigenvalue weighted by Crippen LogP contribution is -2.40. The summed E-state index contributed by atoms with van der Waals surface area (Å²) in [4.78, 5) is 2.29. The molecule has 0 spiro atoms. The zero-order valence-corrected chi connectivity index (χ0v) is 13.2. The van der Waals surface area contributed by atoms with Gasteiger partial charge < -0.3 is 15.5 Å². The lowest BCUT2D eigenvalue weighted by molar-refractivity contribution is -0.137. The summed E-state index contributed by atoms with van der Waals surface area (Å²) < 4.78 is 37.4. The lowest BCUT2D eigenvalue weighted by atomic mass is 9.99. The van der Waals surface area contributed by atoms with E-state index in [-0.39, 0.29) is 0 Å². The van der Waals surface area contributed by atoms with Crippen LogP contribution in [0.2, 0.25) is 0 Å². The topological polar surface area (TPSA) is 27.3 Å². The van der Waals surface area contributed by atoms with Crippen LogP contribution in [0.25, 0.3) is 0 Å². The van der Waals surface area contributed by atoms with E-state index in [2.05, 4.69) is 22.6 Å². The van der Waals surface area contributed by atoms with Gasteiger partial charge in [-0.25, -0.2) is 0 Å². The van der Waals surface area contributed by atoms with Gasteiger partial charge in [0, 0.05) is 18.8 Å². The fraction of sp³-hybridized carbons (Fsp3) is 0.533. The number of thiocarbonyl (C=S) groups is 1. The van der Waals surface area contributed by atoms with Gasteiger partial charge in [0.05, 0.1) is 5.56 Å². The number of rotatable bonds is 3. The summed E-state index contributed by atoms with van der Waals surface area (Å²) in [6, 6.07) is 4.85. The molecule has 0 saturated carbocycles. The molecule has 0 radical (unpaired) electrons. The number of anilines is 1. The number of benzene rings is 1. The second-order valence-corrected chi connectivity index (χ2v) is 6.09. The molecule has 1 aliphatic rings. The molecule has 0 aromatic heterocycles. The van der Waals surface area contributed by atoms with Gasteiger partial charge in [-0.05, 0) is 68.8 Å². The maximum absolute atomic E-state index is 12.5. The van der Waals surface area contributed by atoms with Crippen molar-refractivity contribution in [2.45, 2.75) is 19.0 Å². The molecule has 0 bridgehead atoms. The Kier molecular flexibility index (Phi) is 5.63. The number of nitrogens with zero attached hydrogens (tertiary/aromatic N) is 1. The molecule has 0 unspecified atom stereocenters. The molecule has 0 aliphatic carbocycles. The summed E-state index contributed by atoms with van der Waals surface area (Å²) in [5, 5.41) is 6.49. The van der Waals surface area contributed by atoms with Crippen LogP contribution in [0.1, 0.15) is 18.4 Å². The normalized spacial score (nSPS) is 19.7. The highest BCUT2D eigenvalue weighted by molar-refractivity contribution is 7.80. The van der Waals surface area contributed by atoms with Crippen molar-refractivity contribution in [3.8, 4) is 0 Å². The maximum atomic E-state index is 12.5. The van der Waals surface area contributed by atoms with E-state index >= 15 is 0 Å². The number of alkyl halides is 3. The van der Waals surface area contributed by atoms with Gasteiger partial charge in [-0.3, -0.25) is 0 Å². The minimum Gasteiger partial charge on any atom is -0.362 e. The number of hydrogen-bond acceptors (Lipinski definition) is 2. The molecule has 7 heteroatoms. The summed E-state index contributed by atoms with van der Waals surface area (Å²) >= 11 is 5.18. The Balaban J connectivity index is 1.79. The van der Waals surface area contributed by atoms with Crippen LogP contribution in [0, 0.1) is 5.92 Å². The van der Waals surface area contributed by atoms with E-state index in [1.807, 2.05) is 0 Å². The van der Waals surface area contributed by atoms with Gasteiger partial charge in [0.1, 0.15) is 0 Å². The average molecular weight is 331 g/mol. The third kappa shape index (κ3) is 5.14. The van der Waals surface area contributed by atoms with E-state index in [1.165, 1.54) is 25.0 Å². The Hall–Kier alpha value is -1.34. The molecule has 1 heterocycles. The second-order valence-electron chi connectivity index (χ2n) is 5.68. The Labute approximate surface area is 133 Å². The highest BCUT2D eigenvalue weighted by atomic mass is 32.1. The van der Waals surface area contributed by atoms with Crippen molar-refractivity contribution < 1.29 is 13.2 Å². The lowest BCUT2D eigenvalue weighted by Gasteiger charge is -2.30. The minimum absolute atomic E-state index is 0.438. The molecule has 0 amide bonds. The van der Waals surface area contributed by atoms with Crippen molar-refractivity contribution in [3.05, 3.63) is 29.8 Å². The van der Waals surface area contributed by atoms with Crippen LogP contribution in [-0.2, 0) is 6.18 Å². The molecule has 1 atom stereocenters. The van der Waals surface area contributed by atoms with Crippen LogP contribution in [-0.4, -0.2) is 36.7 Å². The fourth-order valence-electron chi connectivity index (χ4n) is 2.59. The van der Waals surface area contributed by atoms with Gasteiger partial charge in [-0.2, -0.15) is 13.2 Å². The smallest absolute Gasteiger partial charge is 0.362 e. The number of halogens is 3. The van der Waals surface area contributed by atoms with Crippen LogP contribution < -0.4 is 10.6 Å². The van der Waals surface area contributed by atoms with Crippen LogP contribution in [0.15, 0.2) is 24.3 Å². The molecule has 1 fully saturated rings. The van der Waals surface area contributed by atoms with Gasteiger partial charge in [-0.15, -0.1) is 0 Å². The molecule has 1 aliphatic heterocycles. The van der Waals surface area contributed by atoms with Crippen LogP contribution >= 0.6 is 12.2 Å². The van der Waals surface area contributed by atoms with E-state index in [0.717, 1.165) is 31.8 Å². The van der Waals surface area contributed by atoms with Crippen molar-refractivity contribution in [2.24, 2.45) is 5.92 Å². The predicted molar refractivity (Wildman–Crippen MR) is 85.9 cm³/mol. The monoisotopic (exact) mass is 331 g/mol. The first-order valence-electron chi connectivity index (χ1n) is 7.25. The van der Waals surface area contributed by atoms with E-state index < -0.39 is 11.7 Å². The van der Waals surface area contributed by atoms with Crippen molar-refractivity contribution in [2.75, 3.05) is 32.0 Å². The summed E-state index contributed by atoms with van der Waals surface area (Å²) in [5.41, 5.74) is -0.117. The summed E-state index contributed by atoms with van der Waals surface area (Å²) in [6.07, 6.45) is -1.97. The van der Waals surface area contributed by atoms with Gasteiger partial charge in [0.25, 0.3) is 0 Å². The Morgan fingerprint density at radius 2 is 2.00 bits per heavy atom. The molecule has 1 aromatic carbocycles. The highest BCUT2D eigenvalue weighted by Crippen LogP contribution is 2.29. The molecule has 2 N–H and O–H groups in total. The number of hydrogen-bond donors (Lipinski definition) is 2. The molecule has 122 valence electrons. The van der Waals surface area contributed by atoms with Gasteiger partial charge >= 0.3 is 6.18 Å². The maximum Gasteiger partial charge on any atom is 0.416 e. The molecule has 2 rings (SSSR count). The predicted octanol–water partition coefficient (Wildman–Crippen LogP) is 3.33. The van der Waals surface area contributed by atoms with Crippen LogP contribution in [0.4, 0.5) is 18.9 Å². The first-order chi connectivity index (χ1) is 10.3. The minimum atomic E-state index is -4.32. The molecule has 22 heavy (non-hydrogen) atoms. The SMILES string of the molecule is CN1CCC[C@H](CNC(=S)Nc2ccc(C(F)(F)F)cc2)C1. The second kappa shape index (κ2) is 7.28. The number of nitrogens with one attached hydrogen (secondary N) is 2. The number of piperidine rings is 1. The number of likely N-dealkylation sites (tertiary alicyclic amines) is 1. The van der Waals surface area contributed by atoms with Crippen molar-refractivity contribution >= 4 is 23.0 Å². The van der Waals surface area contributed by atoms with Gasteiger partial charge in [-0.1, -0.05) is 0 Å². The van der Waals surface area contributed by atoms with E-state index in [9.17, 15) is 13.2 Å². The highest BCUT2D eigenvalue weighted by Gasteiger charge is 2.29. The fourth-order valence-corrected chi connectivity index (χ4v) is 2.80.